The van der Waals surface area contributed by atoms with E-state index in [4.69, 9.17) is 4.74 Å². The van der Waals surface area contributed by atoms with Gasteiger partial charge >= 0.3 is 0 Å². The van der Waals surface area contributed by atoms with E-state index < -0.39 is 11.6 Å². The molecule has 2 aromatic heterocycles. The van der Waals surface area contributed by atoms with Crippen molar-refractivity contribution in [3.8, 4) is 5.75 Å². The molecule has 0 fully saturated rings. The van der Waals surface area contributed by atoms with Crippen LogP contribution in [0.3, 0.4) is 0 Å². The molecule has 124 valence electrons. The molecular formula is C16H14F2N4O2. The zero-order valence-corrected chi connectivity index (χ0v) is 12.8. The van der Waals surface area contributed by atoms with Gasteiger partial charge in [-0.2, -0.15) is 5.10 Å². The Morgan fingerprint density at radius 2 is 2.17 bits per heavy atom. The van der Waals surface area contributed by atoms with Crippen molar-refractivity contribution in [2.24, 2.45) is 0 Å². The number of nitrogens with zero attached hydrogens (tertiary/aromatic N) is 3. The molecule has 6 nitrogen and oxygen atoms in total. The second-order valence-electron chi connectivity index (χ2n) is 5.03. The van der Waals surface area contributed by atoms with Gasteiger partial charge in [-0.3, -0.25) is 4.79 Å². The van der Waals surface area contributed by atoms with Crippen molar-refractivity contribution < 1.29 is 18.3 Å². The van der Waals surface area contributed by atoms with Crippen LogP contribution in [0.25, 0.3) is 5.65 Å². The third-order valence-corrected chi connectivity index (χ3v) is 3.34. The first-order valence-electron chi connectivity index (χ1n) is 7.22. The Kier molecular flexibility index (Phi) is 4.37. The molecule has 0 aliphatic rings. The maximum atomic E-state index is 13.1. The van der Waals surface area contributed by atoms with Gasteiger partial charge < -0.3 is 10.1 Å². The summed E-state index contributed by atoms with van der Waals surface area (Å²) in [6.07, 6.45) is 3.29. The second kappa shape index (κ2) is 6.61. The largest absolute Gasteiger partial charge is 0.492 e. The van der Waals surface area contributed by atoms with Crippen molar-refractivity contribution in [3.05, 3.63) is 59.6 Å². The number of hydrogen-bond acceptors (Lipinski definition) is 4. The number of aryl methyl sites for hydroxylation is 1. The van der Waals surface area contributed by atoms with Crippen LogP contribution in [0.2, 0.25) is 0 Å². The van der Waals surface area contributed by atoms with Gasteiger partial charge in [0.05, 0.1) is 12.2 Å². The summed E-state index contributed by atoms with van der Waals surface area (Å²) in [6, 6.07) is 4.98. The Morgan fingerprint density at radius 3 is 2.96 bits per heavy atom. The van der Waals surface area contributed by atoms with Crippen LogP contribution in [-0.2, 0) is 0 Å². The fourth-order valence-corrected chi connectivity index (χ4v) is 2.25. The number of rotatable bonds is 5. The van der Waals surface area contributed by atoms with Gasteiger partial charge in [0, 0.05) is 18.5 Å². The van der Waals surface area contributed by atoms with Gasteiger partial charge in [-0.05, 0) is 25.1 Å². The van der Waals surface area contributed by atoms with Crippen LogP contribution in [-0.4, -0.2) is 33.7 Å². The van der Waals surface area contributed by atoms with Crippen LogP contribution in [0, 0.1) is 18.6 Å². The Labute approximate surface area is 136 Å². The summed E-state index contributed by atoms with van der Waals surface area (Å²) in [5.74, 6) is -2.05. The smallest absolute Gasteiger partial charge is 0.257 e. The van der Waals surface area contributed by atoms with Crippen LogP contribution >= 0.6 is 0 Å². The molecule has 24 heavy (non-hydrogen) atoms. The summed E-state index contributed by atoms with van der Waals surface area (Å²) in [4.78, 5) is 16.4. The molecule has 0 saturated heterocycles. The number of aromatic nitrogens is 3. The first-order valence-corrected chi connectivity index (χ1v) is 7.22. The van der Waals surface area contributed by atoms with Crippen LogP contribution < -0.4 is 10.1 Å². The summed E-state index contributed by atoms with van der Waals surface area (Å²) in [7, 11) is 0. The molecule has 0 radical (unpaired) electrons. The number of carbonyl (C=O) groups is 1. The van der Waals surface area contributed by atoms with Gasteiger partial charge in [0.15, 0.2) is 17.3 Å². The zero-order valence-electron chi connectivity index (χ0n) is 12.8. The summed E-state index contributed by atoms with van der Waals surface area (Å²) in [5.41, 5.74) is 1.42. The van der Waals surface area contributed by atoms with Crippen molar-refractivity contribution in [1.82, 2.24) is 19.9 Å². The molecule has 3 rings (SSSR count). The highest BCUT2D eigenvalue weighted by Gasteiger charge is 2.17. The Hall–Kier alpha value is -3.03. The van der Waals surface area contributed by atoms with Crippen molar-refractivity contribution in [3.63, 3.8) is 0 Å². The monoisotopic (exact) mass is 332 g/mol. The van der Waals surface area contributed by atoms with E-state index in [9.17, 15) is 13.6 Å². The van der Waals surface area contributed by atoms with Gasteiger partial charge in [0.1, 0.15) is 17.9 Å². The summed E-state index contributed by atoms with van der Waals surface area (Å²) in [6.45, 7) is 2.03. The normalized spacial score (nSPS) is 10.8. The van der Waals surface area contributed by atoms with E-state index in [1.54, 1.807) is 25.4 Å². The lowest BCUT2D eigenvalue weighted by Gasteiger charge is -2.08. The SMILES string of the molecule is Cc1nn2cccnc2c1C(=O)NCCOc1ccc(F)c(F)c1. The predicted molar refractivity (Wildman–Crippen MR) is 81.9 cm³/mol. The number of halogens is 2. The number of hydrogen-bond donors (Lipinski definition) is 1. The zero-order chi connectivity index (χ0) is 17.1. The van der Waals surface area contributed by atoms with Gasteiger partial charge in [-0.1, -0.05) is 0 Å². The standard InChI is InChI=1S/C16H14F2N4O2/c1-10-14(15-19-5-2-7-22(15)21-10)16(23)20-6-8-24-11-3-4-12(17)13(18)9-11/h2-5,7,9H,6,8H2,1H3,(H,20,23). The Morgan fingerprint density at radius 1 is 1.33 bits per heavy atom. The fraction of sp³-hybridized carbons (Fsp3) is 0.188. The average molecular weight is 332 g/mol. The first kappa shape index (κ1) is 15.9. The summed E-state index contributed by atoms with van der Waals surface area (Å²) >= 11 is 0. The van der Waals surface area contributed by atoms with E-state index in [1.807, 2.05) is 0 Å². The van der Waals surface area contributed by atoms with E-state index in [0.717, 1.165) is 12.1 Å². The third-order valence-electron chi connectivity index (χ3n) is 3.34. The lowest BCUT2D eigenvalue weighted by Crippen LogP contribution is -2.28. The molecule has 2 heterocycles. The highest BCUT2D eigenvalue weighted by molar-refractivity contribution is 6.00. The number of fused-ring (bicyclic) bond motifs is 1. The molecule has 0 saturated carbocycles. The third kappa shape index (κ3) is 3.17. The van der Waals surface area contributed by atoms with Crippen molar-refractivity contribution in [2.75, 3.05) is 13.2 Å². The van der Waals surface area contributed by atoms with Gasteiger partial charge in [-0.15, -0.1) is 0 Å². The first-order chi connectivity index (χ1) is 11.6. The minimum atomic E-state index is -0.982. The highest BCUT2D eigenvalue weighted by Crippen LogP contribution is 2.15. The minimum Gasteiger partial charge on any atom is -0.492 e. The van der Waals surface area contributed by atoms with E-state index in [1.165, 1.54) is 10.6 Å². The lowest BCUT2D eigenvalue weighted by atomic mass is 10.2. The van der Waals surface area contributed by atoms with Crippen molar-refractivity contribution >= 4 is 11.6 Å². The fourth-order valence-electron chi connectivity index (χ4n) is 2.25. The maximum Gasteiger partial charge on any atom is 0.257 e. The molecule has 0 aliphatic heterocycles. The molecule has 1 aromatic carbocycles. The van der Waals surface area contributed by atoms with Crippen LogP contribution in [0.5, 0.6) is 5.75 Å². The Balaban J connectivity index is 1.59. The van der Waals surface area contributed by atoms with Crippen LogP contribution in [0.4, 0.5) is 8.78 Å². The molecule has 0 spiro atoms. The molecule has 1 amide bonds. The van der Waals surface area contributed by atoms with Gasteiger partial charge in [0.2, 0.25) is 0 Å². The van der Waals surface area contributed by atoms with E-state index in [0.29, 0.717) is 16.9 Å². The van der Waals surface area contributed by atoms with Crippen molar-refractivity contribution in [1.29, 1.82) is 0 Å². The molecule has 1 N–H and O–H groups in total. The molecule has 0 aliphatic carbocycles. The molecule has 0 atom stereocenters. The van der Waals surface area contributed by atoms with E-state index >= 15 is 0 Å². The maximum absolute atomic E-state index is 13.1. The lowest BCUT2D eigenvalue weighted by molar-refractivity contribution is 0.0948. The van der Waals surface area contributed by atoms with Crippen molar-refractivity contribution in [2.45, 2.75) is 6.92 Å². The highest BCUT2D eigenvalue weighted by atomic mass is 19.2. The number of nitrogens with one attached hydrogen (secondary N) is 1. The molecule has 0 bridgehead atoms. The average Bonchev–Trinajstić information content (AvgIpc) is 2.90. The van der Waals surface area contributed by atoms with Crippen LogP contribution in [0.15, 0.2) is 36.7 Å². The number of ether oxygens (including phenoxy) is 1. The van der Waals surface area contributed by atoms with Crippen LogP contribution in [0.1, 0.15) is 16.1 Å². The van der Waals surface area contributed by atoms with E-state index in [-0.39, 0.29) is 24.8 Å². The predicted octanol–water partition coefficient (Wildman–Crippen LogP) is 2.12. The number of amides is 1. The number of carbonyl (C=O) groups excluding carboxylic acids is 1. The molecule has 8 heteroatoms. The topological polar surface area (TPSA) is 68.5 Å². The molecular weight excluding hydrogens is 318 g/mol. The summed E-state index contributed by atoms with van der Waals surface area (Å²) in [5, 5.41) is 6.90. The summed E-state index contributed by atoms with van der Waals surface area (Å²) < 4.78 is 32.7. The molecule has 0 unspecified atom stereocenters. The number of benzene rings is 1. The Bertz CT molecular complexity index is 895. The minimum absolute atomic E-state index is 0.114. The van der Waals surface area contributed by atoms with Gasteiger partial charge in [-0.25, -0.2) is 18.3 Å². The molecule has 3 aromatic rings. The second-order valence-corrected chi connectivity index (χ2v) is 5.03. The quantitative estimate of drug-likeness (QED) is 0.727. The van der Waals surface area contributed by atoms with E-state index in [2.05, 4.69) is 15.4 Å². The van der Waals surface area contributed by atoms with Gasteiger partial charge in [0.25, 0.3) is 5.91 Å².